The molecule has 0 bridgehead atoms. The topological polar surface area (TPSA) is 68.1 Å². The van der Waals surface area contributed by atoms with Crippen molar-refractivity contribution in [2.75, 3.05) is 37.5 Å². The van der Waals surface area contributed by atoms with Gasteiger partial charge in [-0.15, -0.1) is 0 Å². The molecule has 0 spiro atoms. The molecule has 26 heavy (non-hydrogen) atoms. The van der Waals surface area contributed by atoms with Gasteiger partial charge in [0.2, 0.25) is 5.95 Å². The minimum Gasteiger partial charge on any atom is -0.383 e. The van der Waals surface area contributed by atoms with E-state index in [0.717, 1.165) is 30.4 Å². The molecule has 0 atom stereocenters. The highest BCUT2D eigenvalue weighted by Gasteiger charge is 2.05. The molecule has 3 aromatic heterocycles. The van der Waals surface area contributed by atoms with Gasteiger partial charge in [0, 0.05) is 58.2 Å². The zero-order chi connectivity index (χ0) is 18.2. The molecule has 3 heterocycles. The van der Waals surface area contributed by atoms with Crippen molar-refractivity contribution in [1.82, 2.24) is 19.5 Å². The summed E-state index contributed by atoms with van der Waals surface area (Å²) in [6.45, 7) is 2.92. The van der Waals surface area contributed by atoms with E-state index >= 15 is 0 Å². The average molecular weight is 352 g/mol. The Bertz CT molecular complexity index is 787. The van der Waals surface area contributed by atoms with Crippen LogP contribution in [-0.4, -0.2) is 46.8 Å². The fraction of sp³-hybridized carbons (Fsp3) is 0.316. The summed E-state index contributed by atoms with van der Waals surface area (Å²) in [5, 5.41) is 3.38. The monoisotopic (exact) mass is 352 g/mol. The van der Waals surface area contributed by atoms with E-state index in [0.29, 0.717) is 13.2 Å². The average Bonchev–Trinajstić information content (AvgIpc) is 3.12. The van der Waals surface area contributed by atoms with Crippen molar-refractivity contribution >= 4 is 11.8 Å². The van der Waals surface area contributed by atoms with Crippen LogP contribution in [0.3, 0.4) is 0 Å². The van der Waals surface area contributed by atoms with Crippen molar-refractivity contribution < 1.29 is 4.74 Å². The largest absolute Gasteiger partial charge is 0.383 e. The van der Waals surface area contributed by atoms with Gasteiger partial charge in [0.1, 0.15) is 5.82 Å². The third kappa shape index (κ3) is 4.80. The number of nitrogens with one attached hydrogen (secondary N) is 1. The van der Waals surface area contributed by atoms with Gasteiger partial charge < -0.3 is 19.5 Å². The third-order valence-electron chi connectivity index (χ3n) is 4.10. The lowest BCUT2D eigenvalue weighted by atomic mass is 10.2. The first kappa shape index (κ1) is 17.9. The van der Waals surface area contributed by atoms with Crippen molar-refractivity contribution in [3.05, 3.63) is 66.4 Å². The summed E-state index contributed by atoms with van der Waals surface area (Å²) < 4.78 is 7.18. The molecule has 0 fully saturated rings. The van der Waals surface area contributed by atoms with Crippen LogP contribution in [0, 0.1) is 0 Å². The Morgan fingerprint density at radius 2 is 1.92 bits per heavy atom. The second kappa shape index (κ2) is 8.96. The zero-order valence-electron chi connectivity index (χ0n) is 15.2. The lowest BCUT2D eigenvalue weighted by molar-refractivity contribution is 0.206. The molecule has 136 valence electrons. The number of hydrogen-bond donors (Lipinski definition) is 1. The van der Waals surface area contributed by atoms with E-state index in [1.54, 1.807) is 25.7 Å². The molecule has 0 aromatic carbocycles. The van der Waals surface area contributed by atoms with E-state index in [9.17, 15) is 0 Å². The molecular formula is C19H24N6O. The fourth-order valence-corrected chi connectivity index (χ4v) is 2.56. The fourth-order valence-electron chi connectivity index (χ4n) is 2.56. The number of rotatable bonds is 9. The molecule has 3 rings (SSSR count). The quantitative estimate of drug-likeness (QED) is 0.638. The van der Waals surface area contributed by atoms with E-state index in [1.807, 2.05) is 37.6 Å². The molecule has 0 aliphatic heterocycles. The first-order chi connectivity index (χ1) is 12.8. The smallest absolute Gasteiger partial charge is 0.203 e. The molecule has 0 aliphatic carbocycles. The number of anilines is 2. The molecule has 0 amide bonds. The van der Waals surface area contributed by atoms with Crippen LogP contribution in [0.5, 0.6) is 0 Å². The van der Waals surface area contributed by atoms with Crippen LogP contribution in [0.2, 0.25) is 0 Å². The molecule has 3 aromatic rings. The van der Waals surface area contributed by atoms with Gasteiger partial charge >= 0.3 is 0 Å². The van der Waals surface area contributed by atoms with E-state index in [1.165, 1.54) is 5.56 Å². The highest BCUT2D eigenvalue weighted by molar-refractivity contribution is 5.39. The summed E-state index contributed by atoms with van der Waals surface area (Å²) in [5.41, 5.74) is 2.29. The van der Waals surface area contributed by atoms with Crippen LogP contribution in [-0.2, 0) is 17.8 Å². The highest BCUT2D eigenvalue weighted by Crippen LogP contribution is 2.13. The van der Waals surface area contributed by atoms with Crippen LogP contribution in [0.25, 0.3) is 0 Å². The lowest BCUT2D eigenvalue weighted by Gasteiger charge is -2.17. The van der Waals surface area contributed by atoms with Crippen molar-refractivity contribution in [2.45, 2.75) is 13.1 Å². The van der Waals surface area contributed by atoms with Gasteiger partial charge in [-0.05, 0) is 29.3 Å². The van der Waals surface area contributed by atoms with Crippen molar-refractivity contribution in [3.8, 4) is 0 Å². The third-order valence-corrected chi connectivity index (χ3v) is 4.10. The maximum Gasteiger partial charge on any atom is 0.203 e. The van der Waals surface area contributed by atoms with Crippen molar-refractivity contribution in [2.24, 2.45) is 0 Å². The molecule has 0 radical (unpaired) electrons. The number of aromatic nitrogens is 4. The Kier molecular flexibility index (Phi) is 6.16. The minimum absolute atomic E-state index is 0.669. The number of likely N-dealkylation sites (N-methyl/N-ethyl adjacent to an activating group) is 1. The Labute approximate surface area is 153 Å². The molecule has 0 saturated carbocycles. The Hall–Kier alpha value is -2.93. The SMILES string of the molecule is COCCN(C)c1ccc(CNc2nccn2Cc2ccncc2)cn1. The Morgan fingerprint density at radius 1 is 1.08 bits per heavy atom. The summed E-state index contributed by atoms with van der Waals surface area (Å²) in [7, 11) is 3.71. The van der Waals surface area contributed by atoms with E-state index in [-0.39, 0.29) is 0 Å². The second-order valence-electron chi connectivity index (χ2n) is 6.03. The number of hydrogen-bond acceptors (Lipinski definition) is 6. The van der Waals surface area contributed by atoms with Gasteiger partial charge in [0.25, 0.3) is 0 Å². The van der Waals surface area contributed by atoms with E-state index in [2.05, 4.69) is 35.8 Å². The molecule has 7 nitrogen and oxygen atoms in total. The molecule has 0 saturated heterocycles. The van der Waals surface area contributed by atoms with E-state index < -0.39 is 0 Å². The number of ether oxygens (including phenoxy) is 1. The Balaban J connectivity index is 1.57. The lowest BCUT2D eigenvalue weighted by Crippen LogP contribution is -2.23. The maximum absolute atomic E-state index is 5.10. The van der Waals surface area contributed by atoms with Gasteiger partial charge in [-0.1, -0.05) is 6.07 Å². The summed E-state index contributed by atoms with van der Waals surface area (Å²) in [5.74, 6) is 1.77. The van der Waals surface area contributed by atoms with E-state index in [4.69, 9.17) is 4.74 Å². The molecule has 0 aliphatic rings. The number of nitrogens with zero attached hydrogens (tertiary/aromatic N) is 5. The van der Waals surface area contributed by atoms with Gasteiger partial charge in [0.05, 0.1) is 13.2 Å². The van der Waals surface area contributed by atoms with Crippen LogP contribution in [0.15, 0.2) is 55.2 Å². The summed E-state index contributed by atoms with van der Waals surface area (Å²) in [6, 6.07) is 8.11. The van der Waals surface area contributed by atoms with Crippen LogP contribution in [0.1, 0.15) is 11.1 Å². The van der Waals surface area contributed by atoms with Crippen LogP contribution >= 0.6 is 0 Å². The maximum atomic E-state index is 5.10. The van der Waals surface area contributed by atoms with Gasteiger partial charge in [-0.3, -0.25) is 4.98 Å². The Morgan fingerprint density at radius 3 is 2.65 bits per heavy atom. The molecule has 0 unspecified atom stereocenters. The van der Waals surface area contributed by atoms with Gasteiger partial charge in [0.15, 0.2) is 0 Å². The van der Waals surface area contributed by atoms with Crippen molar-refractivity contribution in [3.63, 3.8) is 0 Å². The van der Waals surface area contributed by atoms with Crippen molar-refractivity contribution in [1.29, 1.82) is 0 Å². The number of imidazole rings is 1. The standard InChI is InChI=1S/C19H24N6O/c1-24(11-12-26-2)18-4-3-17(13-22-18)14-23-19-21-9-10-25(19)15-16-5-7-20-8-6-16/h3-10,13H,11-12,14-15H2,1-2H3,(H,21,23). The van der Waals surface area contributed by atoms with Crippen LogP contribution in [0.4, 0.5) is 11.8 Å². The second-order valence-corrected chi connectivity index (χ2v) is 6.03. The van der Waals surface area contributed by atoms with Crippen LogP contribution < -0.4 is 10.2 Å². The molecule has 1 N–H and O–H groups in total. The normalized spacial score (nSPS) is 10.7. The summed E-state index contributed by atoms with van der Waals surface area (Å²) >= 11 is 0. The first-order valence-corrected chi connectivity index (χ1v) is 8.55. The first-order valence-electron chi connectivity index (χ1n) is 8.55. The summed E-state index contributed by atoms with van der Waals surface area (Å²) in [4.78, 5) is 15.0. The summed E-state index contributed by atoms with van der Waals surface area (Å²) in [6.07, 6.45) is 9.26. The van der Waals surface area contributed by atoms with Gasteiger partial charge in [-0.25, -0.2) is 9.97 Å². The predicted octanol–water partition coefficient (Wildman–Crippen LogP) is 2.42. The molecular weight excluding hydrogens is 328 g/mol. The zero-order valence-corrected chi connectivity index (χ0v) is 15.2. The van der Waals surface area contributed by atoms with Gasteiger partial charge in [-0.2, -0.15) is 0 Å². The number of pyridine rings is 2. The molecule has 7 heteroatoms. The number of methoxy groups -OCH3 is 1. The highest BCUT2D eigenvalue weighted by atomic mass is 16.5. The predicted molar refractivity (Wildman–Crippen MR) is 102 cm³/mol. The minimum atomic E-state index is 0.669.